The van der Waals surface area contributed by atoms with Crippen LogP contribution in [0.4, 0.5) is 0 Å². The van der Waals surface area contributed by atoms with Crippen LogP contribution >= 0.6 is 0 Å². The number of amides is 1. The molecule has 0 bridgehead atoms. The molecule has 1 N–H and O–H groups in total. The van der Waals surface area contributed by atoms with Gasteiger partial charge in [-0.05, 0) is 43.7 Å². The molecule has 1 aromatic heterocycles. The molecular weight excluding hydrogens is 258 g/mol. The summed E-state index contributed by atoms with van der Waals surface area (Å²) in [4.78, 5) is 23.4. The van der Waals surface area contributed by atoms with Crippen molar-refractivity contribution in [1.82, 2.24) is 5.32 Å². The van der Waals surface area contributed by atoms with E-state index in [1.54, 1.807) is 19.1 Å². The van der Waals surface area contributed by atoms with Gasteiger partial charge in [-0.3, -0.25) is 4.79 Å². The topological polar surface area (TPSA) is 68.5 Å². The van der Waals surface area contributed by atoms with Crippen LogP contribution in [0.3, 0.4) is 0 Å². The lowest BCUT2D eigenvalue weighted by Crippen LogP contribution is -2.25. The van der Waals surface area contributed by atoms with Crippen molar-refractivity contribution < 1.29 is 18.7 Å². The molecule has 0 unspecified atom stereocenters. The van der Waals surface area contributed by atoms with E-state index in [9.17, 15) is 9.59 Å². The molecule has 3 rings (SSSR count). The third-order valence-corrected chi connectivity index (χ3v) is 4.28. The summed E-state index contributed by atoms with van der Waals surface area (Å²) in [5, 5.41) is 2.89. The Bertz CT molecular complexity index is 512. The number of hydrogen-bond acceptors (Lipinski definition) is 4. The molecule has 20 heavy (non-hydrogen) atoms. The Kier molecular flexibility index (Phi) is 3.51. The van der Waals surface area contributed by atoms with Gasteiger partial charge in [0.05, 0.1) is 13.2 Å². The quantitative estimate of drug-likeness (QED) is 0.837. The fourth-order valence-electron chi connectivity index (χ4n) is 3.29. The van der Waals surface area contributed by atoms with Gasteiger partial charge in [-0.15, -0.1) is 0 Å². The summed E-state index contributed by atoms with van der Waals surface area (Å²) in [7, 11) is 0. The van der Waals surface area contributed by atoms with E-state index < -0.39 is 5.97 Å². The van der Waals surface area contributed by atoms with E-state index in [2.05, 4.69) is 5.32 Å². The van der Waals surface area contributed by atoms with Crippen molar-refractivity contribution in [3.05, 3.63) is 23.7 Å². The molecule has 108 valence electrons. The molecule has 2 saturated carbocycles. The van der Waals surface area contributed by atoms with Gasteiger partial charge in [0.1, 0.15) is 5.76 Å². The second-order valence-corrected chi connectivity index (χ2v) is 5.49. The van der Waals surface area contributed by atoms with Crippen LogP contribution in [0, 0.1) is 17.8 Å². The number of carbonyl (C=O) groups is 2. The van der Waals surface area contributed by atoms with Gasteiger partial charge in [-0.25, -0.2) is 4.79 Å². The maximum absolute atomic E-state index is 12.0. The van der Waals surface area contributed by atoms with Crippen molar-refractivity contribution in [3.8, 4) is 0 Å². The first-order chi connectivity index (χ1) is 9.70. The molecule has 1 amide bonds. The largest absolute Gasteiger partial charge is 0.460 e. The first kappa shape index (κ1) is 13.2. The van der Waals surface area contributed by atoms with Crippen LogP contribution in [0.1, 0.15) is 42.5 Å². The van der Waals surface area contributed by atoms with Gasteiger partial charge in [-0.1, -0.05) is 6.42 Å². The summed E-state index contributed by atoms with van der Waals surface area (Å²) in [6, 6.07) is 3.27. The van der Waals surface area contributed by atoms with Crippen LogP contribution in [-0.4, -0.2) is 18.5 Å². The third-order valence-electron chi connectivity index (χ3n) is 4.28. The van der Waals surface area contributed by atoms with E-state index in [0.717, 1.165) is 0 Å². The summed E-state index contributed by atoms with van der Waals surface area (Å²) in [5.74, 6) is 1.84. The minimum atomic E-state index is -0.471. The van der Waals surface area contributed by atoms with Gasteiger partial charge in [-0.2, -0.15) is 0 Å². The zero-order valence-corrected chi connectivity index (χ0v) is 11.6. The Labute approximate surface area is 117 Å². The lowest BCUT2D eigenvalue weighted by molar-refractivity contribution is -0.123. The Morgan fingerprint density at radius 3 is 2.80 bits per heavy atom. The first-order valence-corrected chi connectivity index (χ1v) is 7.24. The number of nitrogens with one attached hydrogen (secondary N) is 1. The Morgan fingerprint density at radius 2 is 2.10 bits per heavy atom. The number of furan rings is 1. The highest BCUT2D eigenvalue weighted by Crippen LogP contribution is 2.57. The van der Waals surface area contributed by atoms with E-state index in [4.69, 9.17) is 9.15 Å². The summed E-state index contributed by atoms with van der Waals surface area (Å²) in [6.45, 7) is 2.39. The van der Waals surface area contributed by atoms with E-state index in [1.165, 1.54) is 19.3 Å². The average molecular weight is 277 g/mol. The van der Waals surface area contributed by atoms with Crippen LogP contribution < -0.4 is 5.32 Å². The van der Waals surface area contributed by atoms with Crippen LogP contribution in [0.15, 0.2) is 16.5 Å². The molecule has 0 saturated heterocycles. The van der Waals surface area contributed by atoms with Crippen LogP contribution in [0.2, 0.25) is 0 Å². The molecular formula is C15H19NO4. The van der Waals surface area contributed by atoms with Crippen molar-refractivity contribution in [2.75, 3.05) is 6.61 Å². The molecule has 2 atom stereocenters. The van der Waals surface area contributed by atoms with Crippen LogP contribution in [-0.2, 0) is 16.1 Å². The molecule has 1 heterocycles. The zero-order chi connectivity index (χ0) is 14.1. The van der Waals surface area contributed by atoms with Gasteiger partial charge in [0.2, 0.25) is 11.7 Å². The van der Waals surface area contributed by atoms with Crippen LogP contribution in [0.25, 0.3) is 0 Å². The molecule has 2 aliphatic carbocycles. The molecule has 0 aliphatic heterocycles. The van der Waals surface area contributed by atoms with Gasteiger partial charge in [0.25, 0.3) is 0 Å². The molecule has 5 heteroatoms. The fraction of sp³-hybridized carbons (Fsp3) is 0.600. The smallest absolute Gasteiger partial charge is 0.374 e. The number of hydrogen-bond donors (Lipinski definition) is 1. The van der Waals surface area contributed by atoms with Crippen molar-refractivity contribution in [1.29, 1.82) is 0 Å². The number of fused-ring (bicyclic) bond motifs is 1. The number of carbonyl (C=O) groups excluding carboxylic acids is 2. The highest BCUT2D eigenvalue weighted by atomic mass is 16.5. The van der Waals surface area contributed by atoms with E-state index in [-0.39, 0.29) is 17.6 Å². The van der Waals surface area contributed by atoms with Gasteiger partial charge in [0.15, 0.2) is 0 Å². The monoisotopic (exact) mass is 277 g/mol. The lowest BCUT2D eigenvalue weighted by Gasteiger charge is -2.04. The summed E-state index contributed by atoms with van der Waals surface area (Å²) in [5.41, 5.74) is 0. The van der Waals surface area contributed by atoms with Crippen molar-refractivity contribution in [3.63, 3.8) is 0 Å². The molecule has 0 aromatic carbocycles. The van der Waals surface area contributed by atoms with Gasteiger partial charge in [0, 0.05) is 5.92 Å². The van der Waals surface area contributed by atoms with E-state index >= 15 is 0 Å². The van der Waals surface area contributed by atoms with Crippen molar-refractivity contribution in [2.45, 2.75) is 32.7 Å². The molecule has 1 aromatic rings. The summed E-state index contributed by atoms with van der Waals surface area (Å²) >= 11 is 0. The van der Waals surface area contributed by atoms with Gasteiger partial charge < -0.3 is 14.5 Å². The second kappa shape index (κ2) is 5.31. The average Bonchev–Trinajstić information content (AvgIpc) is 2.86. The standard InChI is InChI=1S/C15H19NO4/c1-2-19-15(18)12-7-6-9(20-12)8-16-14(17)13-10-4-3-5-11(10)13/h6-7,10-11,13H,2-5,8H2,1H3,(H,16,17)/t10-,11-/m0/s1. The highest BCUT2D eigenvalue weighted by Gasteiger charge is 2.56. The predicted octanol–water partition coefficient (Wildman–Crippen LogP) is 2.12. The summed E-state index contributed by atoms with van der Waals surface area (Å²) < 4.78 is 10.2. The van der Waals surface area contributed by atoms with Crippen molar-refractivity contribution in [2.24, 2.45) is 17.8 Å². The normalized spacial score (nSPS) is 26.9. The molecule has 2 aliphatic rings. The Hall–Kier alpha value is -1.78. The third kappa shape index (κ3) is 2.44. The highest BCUT2D eigenvalue weighted by molar-refractivity contribution is 5.86. The van der Waals surface area contributed by atoms with Gasteiger partial charge >= 0.3 is 5.97 Å². The summed E-state index contributed by atoms with van der Waals surface area (Å²) in [6.07, 6.45) is 3.65. The molecule has 0 radical (unpaired) electrons. The predicted molar refractivity (Wildman–Crippen MR) is 70.8 cm³/mol. The number of ether oxygens (including phenoxy) is 1. The lowest BCUT2D eigenvalue weighted by atomic mass is 10.1. The first-order valence-electron chi connectivity index (χ1n) is 7.24. The molecule has 2 fully saturated rings. The van der Waals surface area contributed by atoms with E-state index in [1.807, 2.05) is 0 Å². The Morgan fingerprint density at radius 1 is 1.35 bits per heavy atom. The number of esters is 1. The molecule has 0 spiro atoms. The minimum Gasteiger partial charge on any atom is -0.460 e. The maximum Gasteiger partial charge on any atom is 0.374 e. The van der Waals surface area contributed by atoms with Crippen LogP contribution in [0.5, 0.6) is 0 Å². The van der Waals surface area contributed by atoms with E-state index in [0.29, 0.717) is 30.7 Å². The Balaban J connectivity index is 1.49. The number of rotatable bonds is 5. The minimum absolute atomic E-state index is 0.119. The maximum atomic E-state index is 12.0. The SMILES string of the molecule is CCOC(=O)c1ccc(CNC(=O)C2[C@H]3CCC[C@H]23)o1. The molecule has 5 nitrogen and oxygen atoms in total. The zero-order valence-electron chi connectivity index (χ0n) is 11.6. The fourth-order valence-corrected chi connectivity index (χ4v) is 3.29. The second-order valence-electron chi connectivity index (χ2n) is 5.49. The van der Waals surface area contributed by atoms with Crippen molar-refractivity contribution >= 4 is 11.9 Å².